The predicted molar refractivity (Wildman–Crippen MR) is 93.2 cm³/mol. The van der Waals surface area contributed by atoms with Crippen LogP contribution in [0.1, 0.15) is 46.5 Å². The maximum atomic E-state index is 11.4. The summed E-state index contributed by atoms with van der Waals surface area (Å²) < 4.78 is 12.6. The molecule has 4 aliphatic heterocycles. The lowest BCUT2D eigenvalue weighted by molar-refractivity contribution is -0.571. The van der Waals surface area contributed by atoms with Crippen molar-refractivity contribution in [3.8, 4) is 0 Å². The van der Waals surface area contributed by atoms with Gasteiger partial charge in [-0.25, -0.2) is 9.78 Å². The summed E-state index contributed by atoms with van der Waals surface area (Å²) >= 11 is 0. The number of carbonyl (C=O) groups excluding carboxylic acids is 1. The van der Waals surface area contributed by atoms with Crippen molar-refractivity contribution in [1.82, 2.24) is 10.6 Å². The van der Waals surface area contributed by atoms with E-state index in [0.717, 1.165) is 19.3 Å². The van der Waals surface area contributed by atoms with E-state index in [9.17, 15) is 4.79 Å². The highest BCUT2D eigenvalue weighted by atomic mass is 17.3. The van der Waals surface area contributed by atoms with Crippen LogP contribution < -0.4 is 10.6 Å². The molecule has 146 valence electrons. The normalized spacial score (nSPS) is 50.2. The molecule has 5 rings (SSSR count). The zero-order chi connectivity index (χ0) is 18.5. The number of fused-ring (bicyclic) bond motifs is 2. The molecule has 1 spiro atoms. The van der Waals surface area contributed by atoms with Gasteiger partial charge in [-0.05, 0) is 38.0 Å². The quantitative estimate of drug-likeness (QED) is 0.588. The zero-order valence-electron chi connectivity index (χ0n) is 16.0. The van der Waals surface area contributed by atoms with E-state index in [1.54, 1.807) is 13.2 Å². The van der Waals surface area contributed by atoms with E-state index >= 15 is 0 Å². The first-order chi connectivity index (χ1) is 12.4. The second-order valence-corrected chi connectivity index (χ2v) is 8.44. The first kappa shape index (κ1) is 18.2. The molecule has 1 amide bonds. The lowest BCUT2D eigenvalue weighted by atomic mass is 9.58. The number of amides is 1. The number of ether oxygens (including phenoxy) is 2. The van der Waals surface area contributed by atoms with E-state index in [0.29, 0.717) is 11.8 Å². The fraction of sp³-hybridized carbons (Fsp3) is 0.842. The van der Waals surface area contributed by atoms with Crippen LogP contribution in [0.25, 0.3) is 0 Å². The molecule has 7 heteroatoms. The highest BCUT2D eigenvalue weighted by Crippen LogP contribution is 2.60. The van der Waals surface area contributed by atoms with Gasteiger partial charge in [0.1, 0.15) is 6.23 Å². The maximum absolute atomic E-state index is 11.4. The smallest absolute Gasteiger partial charge is 0.245 e. The molecular weight excluding hydrogens is 336 g/mol. The minimum absolute atomic E-state index is 0.155. The fourth-order valence-corrected chi connectivity index (χ4v) is 5.40. The van der Waals surface area contributed by atoms with Gasteiger partial charge in [-0.2, -0.15) is 0 Å². The average molecular weight is 366 g/mol. The van der Waals surface area contributed by atoms with E-state index in [4.69, 9.17) is 19.2 Å². The first-order valence-electron chi connectivity index (χ1n) is 9.74. The highest BCUT2D eigenvalue weighted by Gasteiger charge is 2.69. The Balaban J connectivity index is 1.62. The van der Waals surface area contributed by atoms with Crippen LogP contribution in [0.2, 0.25) is 0 Å². The van der Waals surface area contributed by atoms with Crippen molar-refractivity contribution in [3.63, 3.8) is 0 Å². The van der Waals surface area contributed by atoms with Crippen LogP contribution >= 0.6 is 0 Å². The summed E-state index contributed by atoms with van der Waals surface area (Å²) in [5.41, 5.74) is -0.546. The molecule has 4 saturated heterocycles. The minimum Gasteiger partial charge on any atom is -0.366 e. The Bertz CT molecular complexity index is 598. The number of rotatable bonds is 3. The molecule has 0 unspecified atom stereocenters. The Morgan fingerprint density at radius 1 is 1.15 bits per heavy atom. The number of carbonyl (C=O) groups is 1. The monoisotopic (exact) mass is 366 g/mol. The van der Waals surface area contributed by atoms with Crippen LogP contribution in [0, 0.1) is 23.7 Å². The first-order valence-corrected chi connectivity index (χ1v) is 9.74. The van der Waals surface area contributed by atoms with E-state index in [1.165, 1.54) is 12.5 Å². The largest absolute Gasteiger partial charge is 0.366 e. The van der Waals surface area contributed by atoms with Gasteiger partial charge in [0, 0.05) is 37.6 Å². The third kappa shape index (κ3) is 2.68. The lowest BCUT2D eigenvalue weighted by Crippen LogP contribution is -2.71. The molecule has 1 saturated carbocycles. The van der Waals surface area contributed by atoms with Gasteiger partial charge in [0.15, 0.2) is 11.9 Å². The van der Waals surface area contributed by atoms with Gasteiger partial charge < -0.3 is 20.1 Å². The second-order valence-electron chi connectivity index (χ2n) is 8.44. The lowest BCUT2D eigenvalue weighted by Gasteiger charge is -2.60. The van der Waals surface area contributed by atoms with Crippen molar-refractivity contribution >= 4 is 5.91 Å². The number of hydrogen-bond acceptors (Lipinski definition) is 6. The van der Waals surface area contributed by atoms with Crippen molar-refractivity contribution in [2.45, 2.75) is 70.4 Å². The van der Waals surface area contributed by atoms with Gasteiger partial charge >= 0.3 is 0 Å². The standard InChI is InChI=1S/C19H30N2O5/c1-11-5-6-14-12(2)16(21-10-8-15(22)20-4)23-17-19(14)13(11)7-9-18(3,24-17)25-26-19/h8,10-14,16-17,21H,5-7,9H2,1-4H3,(H,20,22)/t11-,12-,13+,14+,16-,17-,18-,19-/m1/s1. The number of hydrogen-bond donors (Lipinski definition) is 2. The van der Waals surface area contributed by atoms with Gasteiger partial charge in [-0.3, -0.25) is 4.79 Å². The summed E-state index contributed by atoms with van der Waals surface area (Å²) in [7, 11) is 1.60. The Morgan fingerprint density at radius 2 is 1.96 bits per heavy atom. The van der Waals surface area contributed by atoms with E-state index in [2.05, 4.69) is 24.5 Å². The third-order valence-electron chi connectivity index (χ3n) is 6.90. The molecule has 2 bridgehead atoms. The molecule has 0 radical (unpaired) electrons. The Morgan fingerprint density at radius 3 is 2.73 bits per heavy atom. The van der Waals surface area contributed by atoms with Crippen LogP contribution in [0.4, 0.5) is 0 Å². The average Bonchev–Trinajstić information content (AvgIpc) is 2.85. The molecule has 0 aromatic rings. The maximum Gasteiger partial charge on any atom is 0.245 e. The Kier molecular flexibility index (Phi) is 4.54. The Labute approximate surface area is 154 Å². The summed E-state index contributed by atoms with van der Waals surface area (Å²) in [5.74, 6) is 0.468. The van der Waals surface area contributed by atoms with Crippen LogP contribution in [0.5, 0.6) is 0 Å². The topological polar surface area (TPSA) is 78.1 Å². The van der Waals surface area contributed by atoms with Crippen molar-refractivity contribution in [2.75, 3.05) is 7.05 Å². The van der Waals surface area contributed by atoms with E-state index in [-0.39, 0.29) is 24.0 Å². The number of likely N-dealkylation sites (N-methyl/N-ethyl adjacent to an activating group) is 1. The summed E-state index contributed by atoms with van der Waals surface area (Å²) in [6, 6.07) is 0. The molecular formula is C19H30N2O5. The van der Waals surface area contributed by atoms with E-state index < -0.39 is 17.7 Å². The van der Waals surface area contributed by atoms with Gasteiger partial charge in [-0.1, -0.05) is 13.8 Å². The summed E-state index contributed by atoms with van der Waals surface area (Å²) in [6.45, 7) is 6.40. The van der Waals surface area contributed by atoms with Crippen LogP contribution in [-0.4, -0.2) is 36.9 Å². The Hall–Kier alpha value is -1.15. The summed E-state index contributed by atoms with van der Waals surface area (Å²) in [6.07, 6.45) is 6.46. The summed E-state index contributed by atoms with van der Waals surface area (Å²) in [5, 5.41) is 5.80. The molecule has 26 heavy (non-hydrogen) atoms. The van der Waals surface area contributed by atoms with Gasteiger partial charge in [0.05, 0.1) is 0 Å². The van der Waals surface area contributed by atoms with Crippen molar-refractivity contribution < 1.29 is 24.0 Å². The zero-order valence-corrected chi connectivity index (χ0v) is 16.0. The molecule has 0 aromatic carbocycles. The van der Waals surface area contributed by atoms with Crippen LogP contribution in [-0.2, 0) is 24.0 Å². The minimum atomic E-state index is -0.763. The fourth-order valence-electron chi connectivity index (χ4n) is 5.40. The van der Waals surface area contributed by atoms with Gasteiger partial charge in [0.25, 0.3) is 0 Å². The number of nitrogens with one attached hydrogen (secondary N) is 2. The molecule has 2 N–H and O–H groups in total. The SMILES string of the molecule is CNC(=O)C=CN[C@@H]1O[C@@H]2O[C@@]3(C)CC[C@H]4[C@H](C)CC[C@@H]([C@H]1C)[C@@]24OO3. The molecule has 0 aromatic heterocycles. The van der Waals surface area contributed by atoms with Crippen molar-refractivity contribution in [3.05, 3.63) is 12.3 Å². The molecule has 1 aliphatic carbocycles. The molecule has 5 fully saturated rings. The predicted octanol–water partition coefficient (Wildman–Crippen LogP) is 2.04. The highest BCUT2D eigenvalue weighted by molar-refractivity contribution is 5.87. The van der Waals surface area contributed by atoms with Crippen LogP contribution in [0.3, 0.4) is 0 Å². The summed E-state index contributed by atoms with van der Waals surface area (Å²) in [4.78, 5) is 23.3. The van der Waals surface area contributed by atoms with Gasteiger partial charge in [-0.15, -0.1) is 0 Å². The molecule has 5 aliphatic rings. The van der Waals surface area contributed by atoms with Crippen molar-refractivity contribution in [2.24, 2.45) is 23.7 Å². The second kappa shape index (κ2) is 6.48. The van der Waals surface area contributed by atoms with Crippen LogP contribution in [0.15, 0.2) is 12.3 Å². The van der Waals surface area contributed by atoms with Crippen molar-refractivity contribution in [1.29, 1.82) is 0 Å². The third-order valence-corrected chi connectivity index (χ3v) is 6.90. The van der Waals surface area contributed by atoms with E-state index in [1.807, 2.05) is 6.92 Å². The van der Waals surface area contributed by atoms with Gasteiger partial charge in [0.2, 0.25) is 11.7 Å². The molecule has 7 nitrogen and oxygen atoms in total. The molecule has 8 atom stereocenters. The molecule has 4 heterocycles.